The van der Waals surface area contributed by atoms with Crippen LogP contribution >= 0.6 is 0 Å². The molecule has 1 amide bonds. The van der Waals surface area contributed by atoms with Crippen LogP contribution in [0.5, 0.6) is 5.75 Å². The normalized spacial score (nSPS) is 11.0. The molecule has 0 unspecified atom stereocenters. The molecule has 6 nitrogen and oxygen atoms in total. The van der Waals surface area contributed by atoms with Crippen LogP contribution < -0.4 is 15.4 Å². The van der Waals surface area contributed by atoms with Crippen LogP contribution in [-0.2, 0) is 0 Å². The Hall–Kier alpha value is -2.63. The summed E-state index contributed by atoms with van der Waals surface area (Å²) in [5.74, 6) is 0.929. The lowest BCUT2D eigenvalue weighted by Crippen LogP contribution is -2.27. The maximum Gasteiger partial charge on any atom is 0.275 e. The van der Waals surface area contributed by atoms with Gasteiger partial charge in [0, 0.05) is 5.54 Å². The van der Waals surface area contributed by atoms with Gasteiger partial charge in [-0.05, 0) is 39.8 Å². The zero-order valence-corrected chi connectivity index (χ0v) is 13.9. The maximum absolute atomic E-state index is 12.3. The molecule has 122 valence electrons. The number of benzene rings is 1. The van der Waals surface area contributed by atoms with Gasteiger partial charge in [0.05, 0.1) is 24.7 Å². The number of rotatable bonds is 5. The summed E-state index contributed by atoms with van der Waals surface area (Å²) >= 11 is 0. The first-order valence-electron chi connectivity index (χ1n) is 7.52. The molecule has 0 saturated carbocycles. The van der Waals surface area contributed by atoms with Crippen LogP contribution in [0.4, 0.5) is 11.5 Å². The van der Waals surface area contributed by atoms with Gasteiger partial charge < -0.3 is 15.4 Å². The van der Waals surface area contributed by atoms with Crippen molar-refractivity contribution in [3.63, 3.8) is 0 Å². The summed E-state index contributed by atoms with van der Waals surface area (Å²) in [5.41, 5.74) is 0.739. The molecule has 0 aliphatic heterocycles. The minimum Gasteiger partial charge on any atom is -0.492 e. The van der Waals surface area contributed by atoms with Crippen molar-refractivity contribution in [1.29, 1.82) is 0 Å². The van der Waals surface area contributed by atoms with Crippen molar-refractivity contribution in [2.24, 2.45) is 0 Å². The molecule has 1 heterocycles. The average molecular weight is 314 g/mol. The third kappa shape index (κ3) is 4.95. The number of amides is 1. The van der Waals surface area contributed by atoms with Crippen molar-refractivity contribution < 1.29 is 9.53 Å². The van der Waals surface area contributed by atoms with Gasteiger partial charge in [-0.15, -0.1) is 0 Å². The van der Waals surface area contributed by atoms with Gasteiger partial charge in [-0.3, -0.25) is 4.79 Å². The Morgan fingerprint density at radius 1 is 1.17 bits per heavy atom. The van der Waals surface area contributed by atoms with E-state index in [1.807, 2.05) is 39.8 Å². The Bertz CT molecular complexity index is 663. The van der Waals surface area contributed by atoms with Crippen molar-refractivity contribution in [1.82, 2.24) is 9.97 Å². The predicted octanol–water partition coefficient (Wildman–Crippen LogP) is 3.34. The third-order valence-electron chi connectivity index (χ3n) is 2.82. The number of aromatic nitrogens is 2. The zero-order valence-electron chi connectivity index (χ0n) is 13.9. The monoisotopic (exact) mass is 314 g/mol. The molecule has 0 fully saturated rings. The topological polar surface area (TPSA) is 76.1 Å². The third-order valence-corrected chi connectivity index (χ3v) is 2.82. The van der Waals surface area contributed by atoms with E-state index in [2.05, 4.69) is 20.6 Å². The first kappa shape index (κ1) is 16.7. The summed E-state index contributed by atoms with van der Waals surface area (Å²) in [6.07, 6.45) is 3.00. The molecule has 2 aromatic rings. The fourth-order valence-electron chi connectivity index (χ4n) is 1.93. The Morgan fingerprint density at radius 3 is 2.52 bits per heavy atom. The Morgan fingerprint density at radius 2 is 1.91 bits per heavy atom. The van der Waals surface area contributed by atoms with E-state index in [0.29, 0.717) is 23.9 Å². The molecule has 0 bridgehead atoms. The molecular formula is C17H22N4O2. The van der Waals surface area contributed by atoms with Crippen molar-refractivity contribution in [3.05, 3.63) is 42.4 Å². The lowest BCUT2D eigenvalue weighted by molar-refractivity contribution is 0.102. The highest BCUT2D eigenvalue weighted by atomic mass is 16.5. The first-order valence-corrected chi connectivity index (χ1v) is 7.52. The van der Waals surface area contributed by atoms with Crippen LogP contribution in [-0.4, -0.2) is 28.0 Å². The molecule has 0 spiro atoms. The van der Waals surface area contributed by atoms with Gasteiger partial charge >= 0.3 is 0 Å². The molecule has 2 N–H and O–H groups in total. The van der Waals surface area contributed by atoms with Gasteiger partial charge in [-0.1, -0.05) is 12.1 Å². The number of hydrogen-bond acceptors (Lipinski definition) is 5. The molecule has 23 heavy (non-hydrogen) atoms. The molecular weight excluding hydrogens is 292 g/mol. The summed E-state index contributed by atoms with van der Waals surface area (Å²) < 4.78 is 5.49. The van der Waals surface area contributed by atoms with Crippen LogP contribution in [0.15, 0.2) is 36.7 Å². The second-order valence-electron chi connectivity index (χ2n) is 6.05. The highest BCUT2D eigenvalue weighted by molar-refractivity contribution is 6.03. The molecule has 1 aromatic carbocycles. The number of ether oxygens (including phenoxy) is 1. The van der Waals surface area contributed by atoms with E-state index in [-0.39, 0.29) is 17.1 Å². The van der Waals surface area contributed by atoms with Crippen LogP contribution in [0.1, 0.15) is 38.2 Å². The van der Waals surface area contributed by atoms with Crippen molar-refractivity contribution in [2.45, 2.75) is 33.2 Å². The van der Waals surface area contributed by atoms with Gasteiger partial charge in [0.2, 0.25) is 0 Å². The lowest BCUT2D eigenvalue weighted by atomic mass is 10.1. The summed E-state index contributed by atoms with van der Waals surface area (Å²) in [7, 11) is 0. The highest BCUT2D eigenvalue weighted by Crippen LogP contribution is 2.24. The minimum atomic E-state index is -0.327. The number of nitrogens with zero attached hydrogens (tertiary/aromatic N) is 2. The van der Waals surface area contributed by atoms with E-state index in [1.54, 1.807) is 18.3 Å². The largest absolute Gasteiger partial charge is 0.492 e. The summed E-state index contributed by atoms with van der Waals surface area (Å²) in [4.78, 5) is 20.7. The number of nitrogens with one attached hydrogen (secondary N) is 2. The van der Waals surface area contributed by atoms with Crippen molar-refractivity contribution >= 4 is 17.4 Å². The van der Waals surface area contributed by atoms with Gasteiger partial charge in [0.15, 0.2) is 0 Å². The van der Waals surface area contributed by atoms with Crippen LogP contribution in [0, 0.1) is 0 Å². The van der Waals surface area contributed by atoms with Gasteiger partial charge in [-0.25, -0.2) is 9.97 Å². The van der Waals surface area contributed by atoms with E-state index >= 15 is 0 Å². The Kier molecular flexibility index (Phi) is 5.16. The zero-order chi connectivity index (χ0) is 16.9. The van der Waals surface area contributed by atoms with Gasteiger partial charge in [0.1, 0.15) is 17.3 Å². The minimum absolute atomic E-state index is 0.116. The first-order chi connectivity index (χ1) is 10.9. The predicted molar refractivity (Wildman–Crippen MR) is 91.0 cm³/mol. The number of hydrogen-bond donors (Lipinski definition) is 2. The second kappa shape index (κ2) is 7.09. The van der Waals surface area contributed by atoms with Crippen LogP contribution in [0.3, 0.4) is 0 Å². The van der Waals surface area contributed by atoms with E-state index in [9.17, 15) is 4.79 Å². The lowest BCUT2D eigenvalue weighted by Gasteiger charge is -2.20. The summed E-state index contributed by atoms with van der Waals surface area (Å²) in [5, 5.41) is 5.99. The standard InChI is InChI=1S/C17H22N4O2/c1-5-23-14-9-7-6-8-12(14)20-16(22)13-10-19-15(11-18-13)21-17(2,3)4/h6-11H,5H2,1-4H3,(H,19,21)(H,20,22). The molecule has 0 radical (unpaired) electrons. The maximum atomic E-state index is 12.3. The number of para-hydroxylation sites is 2. The van der Waals surface area contributed by atoms with E-state index in [1.165, 1.54) is 6.20 Å². The quantitative estimate of drug-likeness (QED) is 0.885. The van der Waals surface area contributed by atoms with E-state index < -0.39 is 0 Å². The highest BCUT2D eigenvalue weighted by Gasteiger charge is 2.13. The molecule has 1 aromatic heterocycles. The molecule has 0 aliphatic rings. The van der Waals surface area contributed by atoms with Gasteiger partial charge in [-0.2, -0.15) is 0 Å². The van der Waals surface area contributed by atoms with Crippen LogP contribution in [0.2, 0.25) is 0 Å². The van der Waals surface area contributed by atoms with Crippen LogP contribution in [0.25, 0.3) is 0 Å². The summed E-state index contributed by atoms with van der Waals surface area (Å²) in [6, 6.07) is 7.28. The molecule has 0 saturated heterocycles. The molecule has 6 heteroatoms. The van der Waals surface area contributed by atoms with E-state index in [0.717, 1.165) is 0 Å². The van der Waals surface area contributed by atoms with Crippen molar-refractivity contribution in [2.75, 3.05) is 17.2 Å². The number of carbonyl (C=O) groups excluding carboxylic acids is 1. The average Bonchev–Trinajstić information content (AvgIpc) is 2.48. The second-order valence-corrected chi connectivity index (χ2v) is 6.05. The SMILES string of the molecule is CCOc1ccccc1NC(=O)c1cnc(NC(C)(C)C)cn1. The molecule has 0 aliphatic carbocycles. The fourth-order valence-corrected chi connectivity index (χ4v) is 1.93. The van der Waals surface area contributed by atoms with E-state index in [4.69, 9.17) is 4.74 Å². The smallest absolute Gasteiger partial charge is 0.275 e. The van der Waals surface area contributed by atoms with Crippen molar-refractivity contribution in [3.8, 4) is 5.75 Å². The number of anilines is 2. The Labute approximate surface area is 136 Å². The molecule has 0 atom stereocenters. The molecule has 2 rings (SSSR count). The fraction of sp³-hybridized carbons (Fsp3) is 0.353. The van der Waals surface area contributed by atoms with Gasteiger partial charge in [0.25, 0.3) is 5.91 Å². The summed E-state index contributed by atoms with van der Waals surface area (Å²) in [6.45, 7) is 8.50. The Balaban J connectivity index is 2.09. The number of carbonyl (C=O) groups is 1.